The number of hydrogen-bond donors (Lipinski definition) is 1. The fourth-order valence-corrected chi connectivity index (χ4v) is 3.41. The number of aromatic nitrogens is 2. The summed E-state index contributed by atoms with van der Waals surface area (Å²) in [5.74, 6) is -1.04. The Kier molecular flexibility index (Phi) is 5.53. The molecule has 4 aromatic rings. The van der Waals surface area contributed by atoms with Crippen molar-refractivity contribution in [2.75, 3.05) is 0 Å². The third kappa shape index (κ3) is 3.99. The lowest BCUT2D eigenvalue weighted by Crippen LogP contribution is -2.24. The predicted molar refractivity (Wildman–Crippen MR) is 121 cm³/mol. The Hall–Kier alpha value is -4.30. The Labute approximate surface area is 185 Å². The van der Waals surface area contributed by atoms with Crippen LogP contribution in [0.3, 0.4) is 0 Å². The standard InChI is InChI=1S/C23H14ClN3O5/c24-15-8-11-18(23(29)30)20(13-15)26-21(25-19-4-2-1-3-17(19)22(26)28)12-7-14-5-9-16(10-6-14)27(31)32/h1-13H,(H,29,30)/b12-7+. The van der Waals surface area contributed by atoms with E-state index in [0.29, 0.717) is 16.5 Å². The first-order valence-corrected chi connectivity index (χ1v) is 9.70. The molecule has 0 radical (unpaired) electrons. The van der Waals surface area contributed by atoms with Crippen molar-refractivity contribution in [2.24, 2.45) is 0 Å². The lowest BCUT2D eigenvalue weighted by atomic mass is 10.1. The Morgan fingerprint density at radius 1 is 1.06 bits per heavy atom. The van der Waals surface area contributed by atoms with Crippen molar-refractivity contribution in [2.45, 2.75) is 0 Å². The number of carbonyl (C=O) groups is 1. The average Bonchev–Trinajstić information content (AvgIpc) is 2.78. The number of carboxylic acid groups (broad SMARTS) is 1. The number of aromatic carboxylic acids is 1. The molecule has 0 atom stereocenters. The van der Waals surface area contributed by atoms with Gasteiger partial charge < -0.3 is 5.11 Å². The second-order valence-corrected chi connectivity index (χ2v) is 7.21. The van der Waals surface area contributed by atoms with Crippen molar-refractivity contribution < 1.29 is 14.8 Å². The first-order valence-electron chi connectivity index (χ1n) is 9.33. The van der Waals surface area contributed by atoms with E-state index >= 15 is 0 Å². The molecule has 0 amide bonds. The summed E-state index contributed by atoms with van der Waals surface area (Å²) in [7, 11) is 0. The van der Waals surface area contributed by atoms with E-state index in [1.54, 1.807) is 48.6 Å². The molecule has 0 aliphatic heterocycles. The molecule has 0 aliphatic rings. The summed E-state index contributed by atoms with van der Waals surface area (Å²) in [6.07, 6.45) is 3.17. The number of non-ortho nitro benzene ring substituents is 1. The molecule has 0 aliphatic carbocycles. The molecular weight excluding hydrogens is 434 g/mol. The van der Waals surface area contributed by atoms with Gasteiger partial charge in [0.2, 0.25) is 0 Å². The van der Waals surface area contributed by atoms with Gasteiger partial charge in [-0.1, -0.05) is 29.8 Å². The summed E-state index contributed by atoms with van der Waals surface area (Å²) in [6, 6.07) is 16.7. The summed E-state index contributed by atoms with van der Waals surface area (Å²) in [5, 5.41) is 21.1. The number of fused-ring (bicyclic) bond motifs is 1. The maximum absolute atomic E-state index is 13.3. The number of para-hydroxylation sites is 1. The zero-order chi connectivity index (χ0) is 22.8. The molecule has 0 bridgehead atoms. The molecule has 0 fully saturated rings. The normalized spacial score (nSPS) is 11.2. The van der Waals surface area contributed by atoms with Crippen molar-refractivity contribution in [1.82, 2.24) is 9.55 Å². The average molecular weight is 448 g/mol. The van der Waals surface area contributed by atoms with Gasteiger partial charge in [-0.2, -0.15) is 0 Å². The zero-order valence-corrected chi connectivity index (χ0v) is 17.1. The van der Waals surface area contributed by atoms with E-state index in [-0.39, 0.29) is 27.8 Å². The van der Waals surface area contributed by atoms with Gasteiger partial charge in [0.05, 0.1) is 27.1 Å². The third-order valence-corrected chi connectivity index (χ3v) is 5.00. The SMILES string of the molecule is O=C(O)c1ccc(Cl)cc1-n1c(/C=C/c2ccc([N+](=O)[O-])cc2)nc2ccccc2c1=O. The molecule has 0 spiro atoms. The van der Waals surface area contributed by atoms with Crippen LogP contribution in [0.4, 0.5) is 5.69 Å². The molecule has 158 valence electrons. The van der Waals surface area contributed by atoms with Gasteiger partial charge in [-0.25, -0.2) is 9.78 Å². The van der Waals surface area contributed by atoms with Crippen molar-refractivity contribution in [3.8, 4) is 5.69 Å². The van der Waals surface area contributed by atoms with Crippen LogP contribution in [-0.4, -0.2) is 25.6 Å². The summed E-state index contributed by atoms with van der Waals surface area (Å²) >= 11 is 6.11. The molecule has 4 rings (SSSR count). The molecule has 1 N–H and O–H groups in total. The van der Waals surface area contributed by atoms with Gasteiger partial charge in [-0.3, -0.25) is 19.5 Å². The van der Waals surface area contributed by atoms with E-state index in [0.717, 1.165) is 0 Å². The van der Waals surface area contributed by atoms with Crippen LogP contribution >= 0.6 is 11.6 Å². The molecule has 1 heterocycles. The summed E-state index contributed by atoms with van der Waals surface area (Å²) < 4.78 is 1.19. The molecule has 3 aromatic carbocycles. The highest BCUT2D eigenvalue weighted by Gasteiger charge is 2.18. The van der Waals surface area contributed by atoms with E-state index < -0.39 is 16.5 Å². The first kappa shape index (κ1) is 21.0. The molecule has 8 nitrogen and oxygen atoms in total. The summed E-state index contributed by atoms with van der Waals surface area (Å²) in [4.78, 5) is 40.0. The van der Waals surface area contributed by atoms with Crippen LogP contribution in [0.5, 0.6) is 0 Å². The van der Waals surface area contributed by atoms with Crippen LogP contribution in [-0.2, 0) is 0 Å². The molecule has 0 saturated heterocycles. The maximum atomic E-state index is 13.3. The van der Waals surface area contributed by atoms with Gasteiger partial charge in [0, 0.05) is 17.2 Å². The van der Waals surface area contributed by atoms with E-state index in [9.17, 15) is 24.8 Å². The number of halogens is 1. The molecule has 1 aromatic heterocycles. The lowest BCUT2D eigenvalue weighted by Gasteiger charge is -2.14. The van der Waals surface area contributed by atoms with Crippen LogP contribution < -0.4 is 5.56 Å². The van der Waals surface area contributed by atoms with Crippen LogP contribution in [0.2, 0.25) is 5.02 Å². The topological polar surface area (TPSA) is 115 Å². The fraction of sp³-hybridized carbons (Fsp3) is 0. The van der Waals surface area contributed by atoms with E-state index in [1.165, 1.54) is 34.9 Å². The van der Waals surface area contributed by atoms with Crippen LogP contribution in [0, 0.1) is 10.1 Å². The van der Waals surface area contributed by atoms with Gasteiger partial charge in [0.15, 0.2) is 0 Å². The second kappa shape index (κ2) is 8.44. The molecule has 32 heavy (non-hydrogen) atoms. The Morgan fingerprint density at radius 3 is 2.47 bits per heavy atom. The monoisotopic (exact) mass is 447 g/mol. The highest BCUT2D eigenvalue weighted by atomic mass is 35.5. The Balaban J connectivity index is 1.95. The molecule has 0 saturated carbocycles. The van der Waals surface area contributed by atoms with E-state index in [2.05, 4.69) is 4.98 Å². The molecule has 0 unspecified atom stereocenters. The minimum Gasteiger partial charge on any atom is -0.478 e. The Bertz CT molecular complexity index is 1460. The van der Waals surface area contributed by atoms with Crippen LogP contribution in [0.15, 0.2) is 71.5 Å². The second-order valence-electron chi connectivity index (χ2n) is 6.78. The van der Waals surface area contributed by atoms with E-state index in [1.807, 2.05) is 0 Å². The van der Waals surface area contributed by atoms with Gasteiger partial charge in [-0.05, 0) is 54.1 Å². The highest BCUT2D eigenvalue weighted by Crippen LogP contribution is 2.23. The molecular formula is C23H14ClN3O5. The first-order chi connectivity index (χ1) is 15.3. The van der Waals surface area contributed by atoms with Crippen molar-refractivity contribution in [3.05, 3.63) is 109 Å². The Morgan fingerprint density at radius 2 is 1.78 bits per heavy atom. The number of benzene rings is 3. The maximum Gasteiger partial charge on any atom is 0.337 e. The van der Waals surface area contributed by atoms with E-state index in [4.69, 9.17) is 11.6 Å². The highest BCUT2D eigenvalue weighted by molar-refractivity contribution is 6.31. The largest absolute Gasteiger partial charge is 0.478 e. The quantitative estimate of drug-likeness (QED) is 0.346. The fourth-order valence-electron chi connectivity index (χ4n) is 3.24. The van der Waals surface area contributed by atoms with Gasteiger partial charge in [0.1, 0.15) is 5.82 Å². The number of carboxylic acids is 1. The van der Waals surface area contributed by atoms with Gasteiger partial charge >= 0.3 is 5.97 Å². The summed E-state index contributed by atoms with van der Waals surface area (Å²) in [5.41, 5.74) is 0.539. The number of hydrogen-bond acceptors (Lipinski definition) is 5. The van der Waals surface area contributed by atoms with Gasteiger partial charge in [-0.15, -0.1) is 0 Å². The number of nitro groups is 1. The lowest BCUT2D eigenvalue weighted by molar-refractivity contribution is -0.384. The number of rotatable bonds is 5. The minimum atomic E-state index is -1.22. The van der Waals surface area contributed by atoms with Crippen molar-refractivity contribution in [3.63, 3.8) is 0 Å². The summed E-state index contributed by atoms with van der Waals surface area (Å²) in [6.45, 7) is 0. The van der Waals surface area contributed by atoms with Crippen molar-refractivity contribution in [1.29, 1.82) is 0 Å². The molecule has 9 heteroatoms. The minimum absolute atomic E-state index is 0.0482. The smallest absolute Gasteiger partial charge is 0.337 e. The van der Waals surface area contributed by atoms with Crippen LogP contribution in [0.25, 0.3) is 28.7 Å². The zero-order valence-electron chi connectivity index (χ0n) is 16.3. The van der Waals surface area contributed by atoms with Crippen molar-refractivity contribution >= 4 is 46.3 Å². The van der Waals surface area contributed by atoms with Crippen LogP contribution in [0.1, 0.15) is 21.7 Å². The third-order valence-electron chi connectivity index (χ3n) is 4.76. The number of nitro benzene ring substituents is 1. The van der Waals surface area contributed by atoms with Gasteiger partial charge in [0.25, 0.3) is 11.2 Å². The predicted octanol–water partition coefficient (Wildman–Crippen LogP) is 4.82. The number of nitrogens with zero attached hydrogens (tertiary/aromatic N) is 3.